The number of piperazine rings is 1. The van der Waals surface area contributed by atoms with E-state index in [1.165, 1.54) is 12.1 Å². The number of aromatic nitrogens is 3. The molecule has 0 amide bonds. The van der Waals surface area contributed by atoms with Crippen molar-refractivity contribution in [3.05, 3.63) is 41.5 Å². The van der Waals surface area contributed by atoms with Gasteiger partial charge in [0.05, 0.1) is 11.1 Å². The van der Waals surface area contributed by atoms with Crippen LogP contribution in [0.3, 0.4) is 0 Å². The van der Waals surface area contributed by atoms with Crippen LogP contribution in [-0.2, 0) is 0 Å². The molecule has 8 rings (SSSR count). The number of pyridine rings is 1. The first-order valence-corrected chi connectivity index (χ1v) is 15.9. The van der Waals surface area contributed by atoms with Crippen molar-refractivity contribution in [1.29, 1.82) is 0 Å². The molecule has 2 bridgehead atoms. The Morgan fingerprint density at radius 3 is 2.62 bits per heavy atom. The number of anilines is 1. The zero-order valence-electron chi connectivity index (χ0n) is 25.7. The summed E-state index contributed by atoms with van der Waals surface area (Å²) in [6.45, 7) is -1.39. The van der Waals surface area contributed by atoms with Crippen LogP contribution in [0, 0.1) is 24.0 Å². The molecule has 2 aromatic carbocycles. The quantitative estimate of drug-likeness (QED) is 0.201. The number of rotatable bonds is 7. The smallest absolute Gasteiger partial charge is 0.388 e. The van der Waals surface area contributed by atoms with Crippen LogP contribution in [0.4, 0.5) is 27.8 Å². The largest absolute Gasteiger partial charge is 0.508 e. The Labute approximate surface area is 272 Å². The fraction of sp³-hybridized carbons (Fsp3) is 0.441. The molecule has 4 saturated heterocycles. The maximum absolute atomic E-state index is 17.0. The summed E-state index contributed by atoms with van der Waals surface area (Å²) in [5, 5.41) is 14.2. The number of alkyl halides is 3. The van der Waals surface area contributed by atoms with Crippen molar-refractivity contribution in [3.8, 4) is 41.2 Å². The Morgan fingerprint density at radius 2 is 1.88 bits per heavy atom. The first kappa shape index (κ1) is 30.8. The van der Waals surface area contributed by atoms with E-state index in [9.17, 15) is 22.7 Å². The number of hydrogen-bond acceptors (Lipinski definition) is 9. The molecular formula is C34H31F5N6O3. The maximum Gasteiger partial charge on any atom is 0.388 e. The molecule has 4 aliphatic heterocycles. The molecule has 2 unspecified atom stereocenters. The lowest BCUT2D eigenvalue weighted by atomic mass is 9.95. The van der Waals surface area contributed by atoms with E-state index in [0.29, 0.717) is 26.1 Å². The first-order valence-electron chi connectivity index (χ1n) is 15.9. The number of nitrogens with zero attached hydrogens (tertiary/aromatic N) is 5. The molecule has 4 aliphatic rings. The van der Waals surface area contributed by atoms with Gasteiger partial charge in [0.15, 0.2) is 5.82 Å². The Hall–Kier alpha value is -4.48. The molecule has 4 aromatic rings. The number of aromatic hydroxyl groups is 1. The number of terminal acetylenes is 1. The summed E-state index contributed by atoms with van der Waals surface area (Å²) in [6, 6.07) is 4.87. The molecule has 4 atom stereocenters. The van der Waals surface area contributed by atoms with Crippen molar-refractivity contribution in [1.82, 2.24) is 25.2 Å². The summed E-state index contributed by atoms with van der Waals surface area (Å²) < 4.78 is 85.5. The monoisotopic (exact) mass is 666 g/mol. The molecule has 9 nitrogen and oxygen atoms in total. The van der Waals surface area contributed by atoms with Crippen LogP contribution in [-0.4, -0.2) is 88.2 Å². The van der Waals surface area contributed by atoms with E-state index in [1.807, 2.05) is 4.90 Å². The van der Waals surface area contributed by atoms with Crippen LogP contribution in [0.25, 0.3) is 32.9 Å². The van der Waals surface area contributed by atoms with E-state index < -0.39 is 47.0 Å². The van der Waals surface area contributed by atoms with E-state index >= 15 is 4.39 Å². The van der Waals surface area contributed by atoms with E-state index in [0.717, 1.165) is 37.9 Å². The van der Waals surface area contributed by atoms with Crippen molar-refractivity contribution >= 4 is 27.5 Å². The zero-order valence-corrected chi connectivity index (χ0v) is 25.7. The molecule has 0 aliphatic carbocycles. The molecule has 0 spiro atoms. The number of hydrogen-bond donors (Lipinski definition) is 2. The molecular weight excluding hydrogens is 635 g/mol. The Bertz CT molecular complexity index is 1980. The SMILES string of the molecule is C#Cc1c(F)ccc2cc(O)cc(-c3nc(OC(F)F)c4c(N5CC6CCC(C5)N6)nc(OC[C@@]56CCCN5C[C@H](F)C6)nc4c3F)c12. The number of nitrogens with one attached hydrogen (secondary N) is 1. The summed E-state index contributed by atoms with van der Waals surface area (Å²) in [5.74, 6) is -0.456. The van der Waals surface area contributed by atoms with Gasteiger partial charge in [-0.2, -0.15) is 18.7 Å². The van der Waals surface area contributed by atoms with E-state index in [2.05, 4.69) is 31.1 Å². The fourth-order valence-corrected chi connectivity index (χ4v) is 8.12. The third-order valence-corrected chi connectivity index (χ3v) is 10.1. The third kappa shape index (κ3) is 5.11. The maximum atomic E-state index is 17.0. The van der Waals surface area contributed by atoms with Crippen molar-refractivity contribution in [2.24, 2.45) is 0 Å². The van der Waals surface area contributed by atoms with Gasteiger partial charge in [-0.1, -0.05) is 12.0 Å². The predicted molar refractivity (Wildman–Crippen MR) is 167 cm³/mol. The number of fused-ring (bicyclic) bond motifs is 5. The Balaban J connectivity index is 1.35. The minimum atomic E-state index is -3.36. The van der Waals surface area contributed by atoms with Gasteiger partial charge in [-0.05, 0) is 55.8 Å². The highest BCUT2D eigenvalue weighted by Gasteiger charge is 2.49. The number of benzene rings is 2. The van der Waals surface area contributed by atoms with Crippen LogP contribution in [0.5, 0.6) is 17.6 Å². The standard InChI is InChI=1S/C34H31F5N6O3/c1-2-22-24(36)7-4-17-10-21(46)11-23(25(17)22)28-27(37)29-26(31(41-28)48-32(38)39)30(44-14-19-5-6-20(15-44)40-19)43-33(42-29)47-16-34-8-3-9-45(34)13-18(35)12-34/h1,4,7,10-11,18-20,32,40,46H,3,5-6,8-9,12-16H2/t18-,19?,20?,34+/m1/s1. The topological polar surface area (TPSA) is 95.9 Å². The lowest BCUT2D eigenvalue weighted by Crippen LogP contribution is -2.51. The van der Waals surface area contributed by atoms with Crippen LogP contribution >= 0.6 is 0 Å². The van der Waals surface area contributed by atoms with Crippen LogP contribution < -0.4 is 19.7 Å². The van der Waals surface area contributed by atoms with E-state index in [4.69, 9.17) is 15.9 Å². The van der Waals surface area contributed by atoms with Gasteiger partial charge in [0.2, 0.25) is 5.88 Å². The van der Waals surface area contributed by atoms with Gasteiger partial charge in [-0.3, -0.25) is 4.90 Å². The van der Waals surface area contributed by atoms with Crippen LogP contribution in [0.2, 0.25) is 0 Å². The highest BCUT2D eigenvalue weighted by atomic mass is 19.3. The zero-order chi connectivity index (χ0) is 33.3. The van der Waals surface area contributed by atoms with Gasteiger partial charge in [-0.15, -0.1) is 6.42 Å². The third-order valence-electron chi connectivity index (χ3n) is 10.1. The average Bonchev–Trinajstić information content (AvgIpc) is 3.70. The summed E-state index contributed by atoms with van der Waals surface area (Å²) in [5.41, 5.74) is -1.92. The van der Waals surface area contributed by atoms with E-state index in [1.54, 1.807) is 0 Å². The lowest BCUT2D eigenvalue weighted by molar-refractivity contribution is -0.0516. The molecule has 6 heterocycles. The molecule has 250 valence electrons. The molecule has 0 saturated carbocycles. The summed E-state index contributed by atoms with van der Waals surface area (Å²) in [6.07, 6.45) is 8.29. The molecule has 0 radical (unpaired) electrons. The number of phenolic OH excluding ortho intramolecular Hbond substituents is 1. The number of phenols is 1. The first-order chi connectivity index (χ1) is 23.1. The molecule has 2 N–H and O–H groups in total. The number of halogens is 5. The van der Waals surface area contributed by atoms with Crippen molar-refractivity contribution in [2.75, 3.05) is 37.7 Å². The summed E-state index contributed by atoms with van der Waals surface area (Å²) >= 11 is 0. The second kappa shape index (κ2) is 11.6. The van der Waals surface area contributed by atoms with Gasteiger partial charge in [-0.25, -0.2) is 18.2 Å². The molecule has 4 fully saturated rings. The number of ether oxygens (including phenoxy) is 2. The van der Waals surface area contributed by atoms with Crippen LogP contribution in [0.15, 0.2) is 24.3 Å². The van der Waals surface area contributed by atoms with Crippen LogP contribution in [0.1, 0.15) is 37.7 Å². The van der Waals surface area contributed by atoms with Crippen molar-refractivity contribution in [3.63, 3.8) is 0 Å². The summed E-state index contributed by atoms with van der Waals surface area (Å²) in [7, 11) is 0. The normalized spacial score (nSPS) is 25.3. The minimum Gasteiger partial charge on any atom is -0.508 e. The highest BCUT2D eigenvalue weighted by molar-refractivity contribution is 6.04. The second-order valence-electron chi connectivity index (χ2n) is 13.1. The minimum absolute atomic E-state index is 0.0379. The van der Waals surface area contributed by atoms with Crippen molar-refractivity contribution < 1.29 is 36.5 Å². The van der Waals surface area contributed by atoms with Gasteiger partial charge >= 0.3 is 12.6 Å². The van der Waals surface area contributed by atoms with Gasteiger partial charge < -0.3 is 24.8 Å². The highest BCUT2D eigenvalue weighted by Crippen LogP contribution is 2.44. The molecule has 48 heavy (non-hydrogen) atoms. The van der Waals surface area contributed by atoms with E-state index in [-0.39, 0.29) is 70.0 Å². The van der Waals surface area contributed by atoms with Gasteiger partial charge in [0, 0.05) is 49.1 Å². The predicted octanol–water partition coefficient (Wildman–Crippen LogP) is 5.31. The van der Waals surface area contributed by atoms with Gasteiger partial charge in [0.25, 0.3) is 0 Å². The second-order valence-corrected chi connectivity index (χ2v) is 13.1. The lowest BCUT2D eigenvalue weighted by Gasteiger charge is -2.35. The fourth-order valence-electron chi connectivity index (χ4n) is 8.12. The van der Waals surface area contributed by atoms with Gasteiger partial charge in [0.1, 0.15) is 46.8 Å². The Morgan fingerprint density at radius 1 is 1.08 bits per heavy atom. The average molecular weight is 667 g/mol. The van der Waals surface area contributed by atoms with Crippen molar-refractivity contribution in [2.45, 2.75) is 62.5 Å². The summed E-state index contributed by atoms with van der Waals surface area (Å²) in [4.78, 5) is 17.1. The molecule has 14 heteroatoms. The molecule has 2 aromatic heterocycles. The Kier molecular flexibility index (Phi) is 7.44.